The first-order valence-corrected chi connectivity index (χ1v) is 9.70. The lowest BCUT2D eigenvalue weighted by Crippen LogP contribution is -2.18. The largest absolute Gasteiger partial charge is 0.373 e. The molecule has 0 bridgehead atoms. The van der Waals surface area contributed by atoms with Crippen molar-refractivity contribution < 1.29 is 9.53 Å². The Balaban J connectivity index is 1.32. The molecule has 0 saturated heterocycles. The first-order valence-electron chi connectivity index (χ1n) is 9.70. The minimum absolute atomic E-state index is 0.248. The lowest BCUT2D eigenvalue weighted by atomic mass is 9.85. The Hall–Kier alpha value is -3.00. The van der Waals surface area contributed by atoms with Gasteiger partial charge in [-0.2, -0.15) is 10.2 Å². The van der Waals surface area contributed by atoms with E-state index in [1.54, 1.807) is 18.5 Å². The molecule has 1 N–H and O–H groups in total. The third-order valence-corrected chi connectivity index (χ3v) is 5.45. The molecule has 1 fully saturated rings. The van der Waals surface area contributed by atoms with E-state index in [4.69, 9.17) is 4.74 Å². The zero-order valence-corrected chi connectivity index (χ0v) is 15.5. The summed E-state index contributed by atoms with van der Waals surface area (Å²) < 4.78 is 9.38. The molecule has 5 rings (SSSR count). The van der Waals surface area contributed by atoms with Crippen LogP contribution in [0.2, 0.25) is 0 Å². The highest BCUT2D eigenvalue weighted by atomic mass is 16.5. The molecule has 8 heteroatoms. The van der Waals surface area contributed by atoms with Crippen molar-refractivity contribution in [3.8, 4) is 11.3 Å². The summed E-state index contributed by atoms with van der Waals surface area (Å²) in [6.07, 6.45) is 9.20. The van der Waals surface area contributed by atoms with E-state index in [2.05, 4.69) is 20.5 Å². The van der Waals surface area contributed by atoms with Crippen molar-refractivity contribution >= 4 is 11.6 Å². The van der Waals surface area contributed by atoms with Crippen LogP contribution < -0.4 is 5.32 Å². The number of amides is 1. The minimum atomic E-state index is -0.248. The number of carbonyl (C=O) groups is 1. The highest BCUT2D eigenvalue weighted by Crippen LogP contribution is 2.28. The zero-order valence-electron chi connectivity index (χ0n) is 15.5. The number of ether oxygens (including phenoxy) is 1. The quantitative estimate of drug-likeness (QED) is 0.738. The summed E-state index contributed by atoms with van der Waals surface area (Å²) in [4.78, 5) is 17.2. The molecule has 3 aromatic heterocycles. The van der Waals surface area contributed by atoms with E-state index >= 15 is 0 Å². The molecule has 0 aromatic carbocycles. The van der Waals surface area contributed by atoms with Gasteiger partial charge in [-0.3, -0.25) is 14.2 Å². The lowest BCUT2D eigenvalue weighted by molar-refractivity contribution is 0.0804. The van der Waals surface area contributed by atoms with E-state index in [-0.39, 0.29) is 5.91 Å². The smallest absolute Gasteiger partial charge is 0.274 e. The predicted octanol–water partition coefficient (Wildman–Crippen LogP) is 2.72. The molecule has 1 saturated carbocycles. The van der Waals surface area contributed by atoms with E-state index in [9.17, 15) is 4.79 Å². The van der Waals surface area contributed by atoms with Gasteiger partial charge in [0.2, 0.25) is 0 Å². The number of nitrogens with one attached hydrogen (secondary N) is 1. The van der Waals surface area contributed by atoms with Gasteiger partial charge in [-0.05, 0) is 30.9 Å². The fourth-order valence-electron chi connectivity index (χ4n) is 3.66. The van der Waals surface area contributed by atoms with E-state index in [0.717, 1.165) is 30.0 Å². The van der Waals surface area contributed by atoms with E-state index < -0.39 is 0 Å². The molecule has 1 aliphatic heterocycles. The summed E-state index contributed by atoms with van der Waals surface area (Å²) in [6.45, 7) is 2.82. The number of nitrogens with zero attached hydrogens (tertiary/aromatic N) is 5. The molecule has 3 aromatic rings. The van der Waals surface area contributed by atoms with Crippen molar-refractivity contribution in [3.63, 3.8) is 0 Å². The Morgan fingerprint density at radius 2 is 2.18 bits per heavy atom. The summed E-state index contributed by atoms with van der Waals surface area (Å²) in [5, 5.41) is 11.6. The summed E-state index contributed by atoms with van der Waals surface area (Å²) in [5.41, 5.74) is 3.67. The van der Waals surface area contributed by atoms with Gasteiger partial charge in [0.25, 0.3) is 5.91 Å². The maximum atomic E-state index is 12.7. The van der Waals surface area contributed by atoms with Crippen LogP contribution in [0.25, 0.3) is 11.3 Å². The van der Waals surface area contributed by atoms with Crippen LogP contribution in [-0.2, 0) is 24.4 Å². The molecule has 1 aliphatic carbocycles. The minimum Gasteiger partial charge on any atom is -0.373 e. The standard InChI is InChI=1S/C20H22N6O2/c27-20(23-15-9-21-25(12-15)11-14-3-1-4-14)18-6-2-5-17(24-18)16-10-22-26-7-8-28-13-19(16)26/h2,5-6,9-10,12,14H,1,3-4,7-8,11,13H2,(H,23,27). The lowest BCUT2D eigenvalue weighted by Gasteiger charge is -2.24. The maximum Gasteiger partial charge on any atom is 0.274 e. The summed E-state index contributed by atoms with van der Waals surface area (Å²) in [7, 11) is 0. The summed E-state index contributed by atoms with van der Waals surface area (Å²) >= 11 is 0. The van der Waals surface area contributed by atoms with E-state index in [1.807, 2.05) is 27.7 Å². The second-order valence-electron chi connectivity index (χ2n) is 7.39. The SMILES string of the molecule is O=C(Nc1cnn(CC2CCC2)c1)c1cccc(-c2cnn3c2COCC3)n1. The van der Waals surface area contributed by atoms with Crippen LogP contribution in [0.15, 0.2) is 36.8 Å². The van der Waals surface area contributed by atoms with Gasteiger partial charge in [-0.15, -0.1) is 0 Å². The van der Waals surface area contributed by atoms with Crippen molar-refractivity contribution in [1.29, 1.82) is 0 Å². The second-order valence-corrected chi connectivity index (χ2v) is 7.39. The fourth-order valence-corrected chi connectivity index (χ4v) is 3.66. The molecule has 1 amide bonds. The topological polar surface area (TPSA) is 86.9 Å². The van der Waals surface area contributed by atoms with Gasteiger partial charge < -0.3 is 10.1 Å². The number of hydrogen-bond acceptors (Lipinski definition) is 5. The average molecular weight is 378 g/mol. The number of rotatable bonds is 5. The highest BCUT2D eigenvalue weighted by Gasteiger charge is 2.20. The van der Waals surface area contributed by atoms with Crippen molar-refractivity contribution in [1.82, 2.24) is 24.5 Å². The molecule has 0 unspecified atom stereocenters. The van der Waals surface area contributed by atoms with Crippen LogP contribution in [0.1, 0.15) is 35.4 Å². The van der Waals surface area contributed by atoms with Gasteiger partial charge in [0.15, 0.2) is 0 Å². The molecular weight excluding hydrogens is 356 g/mol. The zero-order chi connectivity index (χ0) is 18.9. The predicted molar refractivity (Wildman–Crippen MR) is 103 cm³/mol. The molecule has 2 aliphatic rings. The number of carbonyl (C=O) groups excluding carboxylic acids is 1. The van der Waals surface area contributed by atoms with Gasteiger partial charge in [0.1, 0.15) is 5.69 Å². The molecule has 28 heavy (non-hydrogen) atoms. The van der Waals surface area contributed by atoms with Crippen molar-refractivity contribution in [3.05, 3.63) is 48.2 Å². The van der Waals surface area contributed by atoms with Crippen molar-refractivity contribution in [2.24, 2.45) is 5.92 Å². The number of aromatic nitrogens is 5. The van der Waals surface area contributed by atoms with E-state index in [1.165, 1.54) is 19.3 Å². The Morgan fingerprint density at radius 3 is 3.04 bits per heavy atom. The number of hydrogen-bond donors (Lipinski definition) is 1. The Labute approximate surface area is 162 Å². The van der Waals surface area contributed by atoms with Gasteiger partial charge in [-0.1, -0.05) is 12.5 Å². The molecule has 0 radical (unpaired) electrons. The van der Waals surface area contributed by atoms with Crippen LogP contribution in [-0.4, -0.2) is 37.1 Å². The Bertz CT molecular complexity index is 1000. The third kappa shape index (κ3) is 3.31. The first kappa shape index (κ1) is 17.1. The van der Waals surface area contributed by atoms with E-state index in [0.29, 0.717) is 30.5 Å². The third-order valence-electron chi connectivity index (χ3n) is 5.45. The van der Waals surface area contributed by atoms with Gasteiger partial charge in [0, 0.05) is 18.3 Å². The van der Waals surface area contributed by atoms with Gasteiger partial charge in [-0.25, -0.2) is 4.98 Å². The fraction of sp³-hybridized carbons (Fsp3) is 0.400. The maximum absolute atomic E-state index is 12.7. The van der Waals surface area contributed by atoms with Crippen molar-refractivity contribution in [2.75, 3.05) is 11.9 Å². The summed E-state index contributed by atoms with van der Waals surface area (Å²) in [5.74, 6) is 0.468. The van der Waals surface area contributed by atoms with Crippen LogP contribution in [0, 0.1) is 5.92 Å². The van der Waals surface area contributed by atoms with Crippen LogP contribution in [0.3, 0.4) is 0 Å². The van der Waals surface area contributed by atoms with Gasteiger partial charge in [0.05, 0.1) is 49.2 Å². The molecule has 0 spiro atoms. The number of pyridine rings is 1. The van der Waals surface area contributed by atoms with Crippen LogP contribution >= 0.6 is 0 Å². The highest BCUT2D eigenvalue weighted by molar-refractivity contribution is 6.03. The monoisotopic (exact) mass is 378 g/mol. The molecule has 4 heterocycles. The normalized spacial score (nSPS) is 16.4. The molecule has 0 atom stereocenters. The van der Waals surface area contributed by atoms with Crippen LogP contribution in [0.4, 0.5) is 5.69 Å². The van der Waals surface area contributed by atoms with Crippen LogP contribution in [0.5, 0.6) is 0 Å². The molecule has 144 valence electrons. The first-order chi connectivity index (χ1) is 13.8. The average Bonchev–Trinajstić information content (AvgIpc) is 3.31. The van der Waals surface area contributed by atoms with Crippen molar-refractivity contribution in [2.45, 2.75) is 39.0 Å². The van der Waals surface area contributed by atoms with Gasteiger partial charge >= 0.3 is 0 Å². The number of anilines is 1. The molecule has 8 nitrogen and oxygen atoms in total. The Kier molecular flexibility index (Phi) is 4.40. The Morgan fingerprint density at radius 1 is 1.25 bits per heavy atom. The molecular formula is C20H22N6O2. The second kappa shape index (κ2) is 7.20. The number of fused-ring (bicyclic) bond motifs is 1. The summed E-state index contributed by atoms with van der Waals surface area (Å²) in [6, 6.07) is 5.44.